The molecule has 2 rings (SSSR count). The van der Waals surface area contributed by atoms with E-state index in [1.165, 1.54) is 23.5 Å². The Bertz CT molecular complexity index is 739. The largest absolute Gasteiger partial charge is 0.466 e. The van der Waals surface area contributed by atoms with Gasteiger partial charge in [0.1, 0.15) is 4.90 Å². The van der Waals surface area contributed by atoms with Gasteiger partial charge in [-0.2, -0.15) is 4.31 Å². The Morgan fingerprint density at radius 3 is 2.28 bits per heavy atom. The SMILES string of the molecule is COC(=O)COC(=O)C1CCN(S(=O)(=O)c2c(Cl)cccc2Cl)CC1. The maximum atomic E-state index is 12.7. The Morgan fingerprint density at radius 2 is 1.76 bits per heavy atom. The van der Waals surface area contributed by atoms with Crippen LogP contribution in [0.2, 0.25) is 10.0 Å². The lowest BCUT2D eigenvalue weighted by molar-refractivity contribution is -0.160. The second-order valence-electron chi connectivity index (χ2n) is 5.41. The number of nitrogens with zero attached hydrogens (tertiary/aromatic N) is 1. The van der Waals surface area contributed by atoms with Gasteiger partial charge in [0, 0.05) is 13.1 Å². The number of ether oxygens (including phenoxy) is 2. The number of hydrogen-bond acceptors (Lipinski definition) is 6. The predicted molar refractivity (Wildman–Crippen MR) is 90.9 cm³/mol. The average molecular weight is 410 g/mol. The van der Waals surface area contributed by atoms with Crippen LogP contribution in [0.4, 0.5) is 0 Å². The zero-order valence-corrected chi connectivity index (χ0v) is 15.7. The van der Waals surface area contributed by atoms with E-state index in [9.17, 15) is 18.0 Å². The van der Waals surface area contributed by atoms with Crippen molar-refractivity contribution in [2.45, 2.75) is 17.7 Å². The van der Waals surface area contributed by atoms with Crippen LogP contribution in [0.15, 0.2) is 23.1 Å². The lowest BCUT2D eigenvalue weighted by Crippen LogP contribution is -2.41. The Labute approximate surface area is 155 Å². The highest BCUT2D eigenvalue weighted by atomic mass is 35.5. The summed E-state index contributed by atoms with van der Waals surface area (Å²) in [5, 5.41) is 0.0965. The minimum absolute atomic E-state index is 0.0483. The van der Waals surface area contributed by atoms with Crippen molar-refractivity contribution in [1.82, 2.24) is 4.31 Å². The van der Waals surface area contributed by atoms with Crippen LogP contribution in [-0.4, -0.2) is 51.5 Å². The topological polar surface area (TPSA) is 90.0 Å². The number of carbonyl (C=O) groups excluding carboxylic acids is 2. The minimum atomic E-state index is -3.86. The first-order valence-electron chi connectivity index (χ1n) is 7.45. The van der Waals surface area contributed by atoms with Crippen molar-refractivity contribution in [1.29, 1.82) is 0 Å². The maximum absolute atomic E-state index is 12.7. The van der Waals surface area contributed by atoms with Crippen molar-refractivity contribution in [3.05, 3.63) is 28.2 Å². The highest BCUT2D eigenvalue weighted by Gasteiger charge is 2.35. The Hall–Kier alpha value is -1.35. The number of carbonyl (C=O) groups is 2. The molecule has 1 fully saturated rings. The van der Waals surface area contributed by atoms with Gasteiger partial charge in [0.15, 0.2) is 6.61 Å². The van der Waals surface area contributed by atoms with Gasteiger partial charge in [-0.05, 0) is 25.0 Å². The predicted octanol–water partition coefficient (Wildman–Crippen LogP) is 2.11. The summed E-state index contributed by atoms with van der Waals surface area (Å²) in [4.78, 5) is 22.8. The normalized spacial score (nSPS) is 16.4. The van der Waals surface area contributed by atoms with E-state index in [0.29, 0.717) is 0 Å². The quantitative estimate of drug-likeness (QED) is 0.691. The molecule has 138 valence electrons. The number of esters is 2. The molecule has 1 aromatic carbocycles. The van der Waals surface area contributed by atoms with Crippen LogP contribution in [0, 0.1) is 5.92 Å². The molecule has 10 heteroatoms. The number of hydrogen-bond donors (Lipinski definition) is 0. The highest BCUT2D eigenvalue weighted by molar-refractivity contribution is 7.89. The molecule has 0 unspecified atom stereocenters. The van der Waals surface area contributed by atoms with E-state index < -0.39 is 34.5 Å². The summed E-state index contributed by atoms with van der Waals surface area (Å²) in [7, 11) is -2.67. The molecule has 0 aliphatic carbocycles. The van der Waals surface area contributed by atoms with Crippen LogP contribution in [0.25, 0.3) is 0 Å². The van der Waals surface area contributed by atoms with Gasteiger partial charge in [-0.1, -0.05) is 29.3 Å². The Morgan fingerprint density at radius 1 is 1.20 bits per heavy atom. The minimum Gasteiger partial charge on any atom is -0.466 e. The standard InChI is InChI=1S/C15H17Cl2NO6S/c1-23-13(19)9-24-15(20)10-5-7-18(8-6-10)25(21,22)14-11(16)3-2-4-12(14)17/h2-4,10H,5-9H2,1H3. The molecule has 0 amide bonds. The zero-order chi connectivity index (χ0) is 18.6. The number of benzene rings is 1. The molecule has 0 radical (unpaired) electrons. The van der Waals surface area contributed by atoms with E-state index in [0.717, 1.165) is 0 Å². The van der Waals surface area contributed by atoms with Crippen molar-refractivity contribution in [2.24, 2.45) is 5.92 Å². The van der Waals surface area contributed by atoms with Crippen molar-refractivity contribution < 1.29 is 27.5 Å². The summed E-state index contributed by atoms with van der Waals surface area (Å²) in [5.41, 5.74) is 0. The third-order valence-corrected chi connectivity index (χ3v) is 6.72. The number of halogens is 2. The molecule has 25 heavy (non-hydrogen) atoms. The molecule has 1 aromatic rings. The average Bonchev–Trinajstić information content (AvgIpc) is 2.59. The molecule has 0 spiro atoms. The molecule has 1 saturated heterocycles. The van der Waals surface area contributed by atoms with Gasteiger partial charge in [0.25, 0.3) is 0 Å². The summed E-state index contributed by atoms with van der Waals surface area (Å²) < 4.78 is 36.0. The molecular weight excluding hydrogens is 393 g/mol. The highest BCUT2D eigenvalue weighted by Crippen LogP contribution is 2.33. The monoisotopic (exact) mass is 409 g/mol. The fraction of sp³-hybridized carbons (Fsp3) is 0.467. The zero-order valence-electron chi connectivity index (χ0n) is 13.4. The number of rotatable bonds is 5. The first-order chi connectivity index (χ1) is 11.8. The smallest absolute Gasteiger partial charge is 0.344 e. The van der Waals surface area contributed by atoms with Crippen molar-refractivity contribution in [3.63, 3.8) is 0 Å². The second kappa shape index (κ2) is 8.35. The van der Waals surface area contributed by atoms with E-state index in [2.05, 4.69) is 4.74 Å². The molecule has 0 saturated carbocycles. The van der Waals surface area contributed by atoms with Gasteiger partial charge in [-0.25, -0.2) is 13.2 Å². The number of piperidine rings is 1. The fourth-order valence-corrected chi connectivity index (χ4v) is 5.06. The third kappa shape index (κ3) is 4.63. The lowest BCUT2D eigenvalue weighted by atomic mass is 9.98. The summed E-state index contributed by atoms with van der Waals surface area (Å²) in [6, 6.07) is 4.47. The van der Waals surface area contributed by atoms with Crippen LogP contribution in [0.1, 0.15) is 12.8 Å². The van der Waals surface area contributed by atoms with Gasteiger partial charge in [-0.15, -0.1) is 0 Å². The van der Waals surface area contributed by atoms with Gasteiger partial charge >= 0.3 is 11.9 Å². The first kappa shape index (κ1) is 20.0. The molecular formula is C15H17Cl2NO6S. The van der Waals surface area contributed by atoms with Gasteiger partial charge in [-0.3, -0.25) is 4.79 Å². The number of methoxy groups -OCH3 is 1. The van der Waals surface area contributed by atoms with E-state index in [4.69, 9.17) is 27.9 Å². The van der Waals surface area contributed by atoms with Crippen LogP contribution < -0.4 is 0 Å². The molecule has 1 heterocycles. The van der Waals surface area contributed by atoms with E-state index in [-0.39, 0.29) is 40.9 Å². The van der Waals surface area contributed by atoms with Gasteiger partial charge < -0.3 is 9.47 Å². The maximum Gasteiger partial charge on any atom is 0.344 e. The second-order valence-corrected chi connectivity index (χ2v) is 8.10. The molecule has 0 atom stereocenters. The van der Waals surface area contributed by atoms with Crippen LogP contribution in [0.3, 0.4) is 0 Å². The van der Waals surface area contributed by atoms with E-state index >= 15 is 0 Å². The van der Waals surface area contributed by atoms with Crippen molar-refractivity contribution in [2.75, 3.05) is 26.8 Å². The summed E-state index contributed by atoms with van der Waals surface area (Å²) in [5.74, 6) is -1.67. The summed E-state index contributed by atoms with van der Waals surface area (Å²) in [6.45, 7) is -0.202. The molecule has 1 aliphatic rings. The van der Waals surface area contributed by atoms with E-state index in [1.54, 1.807) is 6.07 Å². The van der Waals surface area contributed by atoms with Crippen molar-refractivity contribution in [3.8, 4) is 0 Å². The van der Waals surface area contributed by atoms with Crippen molar-refractivity contribution >= 4 is 45.2 Å². The summed E-state index contributed by atoms with van der Waals surface area (Å²) in [6.07, 6.45) is 0.558. The molecule has 0 aromatic heterocycles. The first-order valence-corrected chi connectivity index (χ1v) is 9.64. The molecule has 1 aliphatic heterocycles. The van der Waals surface area contributed by atoms with Gasteiger partial charge in [0.05, 0.1) is 23.1 Å². The number of sulfonamides is 1. The molecule has 7 nitrogen and oxygen atoms in total. The van der Waals surface area contributed by atoms with Gasteiger partial charge in [0.2, 0.25) is 10.0 Å². The third-order valence-electron chi connectivity index (χ3n) is 3.86. The fourth-order valence-electron chi connectivity index (χ4n) is 2.50. The lowest BCUT2D eigenvalue weighted by Gasteiger charge is -2.30. The van der Waals surface area contributed by atoms with E-state index in [1.807, 2.05) is 0 Å². The Balaban J connectivity index is 2.02. The molecule has 0 bridgehead atoms. The Kier molecular flexibility index (Phi) is 6.67. The van der Waals surface area contributed by atoms with Crippen LogP contribution in [-0.2, 0) is 29.1 Å². The summed E-state index contributed by atoms with van der Waals surface area (Å²) >= 11 is 12.0. The molecule has 0 N–H and O–H groups in total. The van der Waals surface area contributed by atoms with Crippen LogP contribution in [0.5, 0.6) is 0 Å². The van der Waals surface area contributed by atoms with Crippen LogP contribution >= 0.6 is 23.2 Å².